The Morgan fingerprint density at radius 3 is 2.46 bits per heavy atom. The monoisotopic (exact) mass is 415 g/mol. The third-order valence-corrected chi connectivity index (χ3v) is 3.73. The summed E-state index contributed by atoms with van der Waals surface area (Å²) < 4.78 is 33.1. The lowest BCUT2D eigenvalue weighted by Gasteiger charge is -2.15. The van der Waals surface area contributed by atoms with E-state index in [0.29, 0.717) is 0 Å². The molecule has 0 heterocycles. The Morgan fingerprint density at radius 2 is 1.92 bits per heavy atom. The second kappa shape index (κ2) is 9.60. The van der Waals surface area contributed by atoms with Gasteiger partial charge in [-0.3, -0.25) is 8.98 Å². The summed E-state index contributed by atoms with van der Waals surface area (Å²) in [7, 11) is -4.16. The summed E-state index contributed by atoms with van der Waals surface area (Å²) in [4.78, 5) is 11.1. The highest BCUT2D eigenvalue weighted by Gasteiger charge is 2.25. The number of ether oxygens (including phenoxy) is 1. The molecule has 1 unspecified atom stereocenters. The van der Waals surface area contributed by atoms with E-state index in [2.05, 4.69) is 8.91 Å². The first-order valence-electron chi connectivity index (χ1n) is 6.69. The Hall–Kier alpha value is -0.830. The van der Waals surface area contributed by atoms with Crippen molar-refractivity contribution < 1.29 is 22.1 Å². The van der Waals surface area contributed by atoms with Gasteiger partial charge in [-0.2, -0.15) is 13.1 Å². The summed E-state index contributed by atoms with van der Waals surface area (Å²) in [5.41, 5.74) is 0.866. The Labute approximate surface area is 155 Å². The normalized spacial score (nSPS) is 13.8. The van der Waals surface area contributed by atoms with Crippen LogP contribution >= 0.6 is 34.8 Å². The van der Waals surface area contributed by atoms with Gasteiger partial charge in [0.2, 0.25) is 3.79 Å². The van der Waals surface area contributed by atoms with Crippen molar-refractivity contribution in [1.82, 2.24) is 4.72 Å². The quantitative estimate of drug-likeness (QED) is 0.520. The number of benzene rings is 1. The van der Waals surface area contributed by atoms with Gasteiger partial charge in [-0.25, -0.2) is 0 Å². The van der Waals surface area contributed by atoms with Gasteiger partial charge in [0.25, 0.3) is 0 Å². The molecule has 6 nitrogen and oxygen atoms in total. The van der Waals surface area contributed by atoms with Crippen molar-refractivity contribution in [1.29, 1.82) is 0 Å². The minimum Gasteiger partial charge on any atom is -0.457 e. The zero-order chi connectivity index (χ0) is 18.2. The SMILES string of the molecule is CC(=O)OC(/C=C/c1ccccc1)CNS(=O)(=O)OCC(Cl)(Cl)Cl. The lowest BCUT2D eigenvalue weighted by molar-refractivity contribution is -0.143. The molecule has 0 amide bonds. The van der Waals surface area contributed by atoms with E-state index in [1.165, 1.54) is 6.92 Å². The van der Waals surface area contributed by atoms with Crippen LogP contribution in [0.1, 0.15) is 12.5 Å². The molecule has 1 aromatic carbocycles. The van der Waals surface area contributed by atoms with Gasteiger partial charge in [0.05, 0.1) is 6.54 Å². The van der Waals surface area contributed by atoms with Gasteiger partial charge in [-0.05, 0) is 11.6 Å². The molecule has 0 saturated heterocycles. The first-order chi connectivity index (χ1) is 11.1. The lowest BCUT2D eigenvalue weighted by atomic mass is 10.2. The van der Waals surface area contributed by atoms with Crippen molar-refractivity contribution in [2.45, 2.75) is 16.8 Å². The van der Waals surface area contributed by atoms with Crippen LogP contribution in [0.4, 0.5) is 0 Å². The van der Waals surface area contributed by atoms with E-state index < -0.39 is 32.8 Å². The minimum absolute atomic E-state index is 0.231. The number of hydrogen-bond acceptors (Lipinski definition) is 5. The van der Waals surface area contributed by atoms with Crippen LogP contribution in [0.2, 0.25) is 0 Å². The molecule has 0 fully saturated rings. The Balaban J connectivity index is 2.66. The summed E-state index contributed by atoms with van der Waals surface area (Å²) >= 11 is 16.3. The predicted octanol–water partition coefficient (Wildman–Crippen LogP) is 2.85. The molecule has 0 aliphatic carbocycles. The van der Waals surface area contributed by atoms with Crippen LogP contribution < -0.4 is 4.72 Å². The maximum Gasteiger partial charge on any atom is 0.336 e. The fourth-order valence-corrected chi connectivity index (χ4v) is 2.66. The summed E-state index contributed by atoms with van der Waals surface area (Å²) in [6.07, 6.45) is 2.42. The van der Waals surface area contributed by atoms with E-state index in [9.17, 15) is 13.2 Å². The number of carbonyl (C=O) groups excluding carboxylic acids is 1. The van der Waals surface area contributed by atoms with Gasteiger partial charge in [0.1, 0.15) is 12.7 Å². The predicted molar refractivity (Wildman–Crippen MR) is 94.2 cm³/mol. The third-order valence-electron chi connectivity index (χ3n) is 2.46. The molecule has 10 heteroatoms. The third kappa shape index (κ3) is 10.1. The first kappa shape index (κ1) is 21.2. The summed E-state index contributed by atoms with van der Waals surface area (Å²) in [5, 5.41) is 0. The first-order valence-corrected chi connectivity index (χ1v) is 9.23. The molecule has 134 valence electrons. The zero-order valence-electron chi connectivity index (χ0n) is 12.6. The molecule has 0 aromatic heterocycles. The standard InChI is InChI=1S/C14H16Cl3NO5S/c1-11(19)23-13(8-7-12-5-3-2-4-6-12)9-18-24(20,21)22-10-14(15,16)17/h2-8,13,18H,9-10H2,1H3/b8-7+. The van der Waals surface area contributed by atoms with E-state index in [1.807, 2.05) is 30.3 Å². The molecule has 1 aromatic rings. The molecule has 24 heavy (non-hydrogen) atoms. The molecule has 1 atom stereocenters. The van der Waals surface area contributed by atoms with E-state index in [0.717, 1.165) is 5.56 Å². The molecule has 0 saturated carbocycles. The van der Waals surface area contributed by atoms with Gasteiger partial charge in [-0.15, -0.1) is 0 Å². The largest absolute Gasteiger partial charge is 0.457 e. The molecule has 0 bridgehead atoms. The van der Waals surface area contributed by atoms with Crippen LogP contribution in [-0.2, 0) is 24.0 Å². The fraction of sp³-hybridized carbons (Fsp3) is 0.357. The van der Waals surface area contributed by atoms with Crippen molar-refractivity contribution in [3.05, 3.63) is 42.0 Å². The van der Waals surface area contributed by atoms with Crippen LogP contribution in [0.3, 0.4) is 0 Å². The molecular weight excluding hydrogens is 401 g/mol. The van der Waals surface area contributed by atoms with Crippen LogP contribution in [-0.4, -0.2) is 37.4 Å². The van der Waals surface area contributed by atoms with Crippen molar-refractivity contribution >= 4 is 57.2 Å². The van der Waals surface area contributed by atoms with Gasteiger partial charge in [0, 0.05) is 6.92 Å². The molecule has 0 aliphatic rings. The highest BCUT2D eigenvalue weighted by molar-refractivity contribution is 7.84. The van der Waals surface area contributed by atoms with Crippen LogP contribution in [0.5, 0.6) is 0 Å². The number of nitrogens with one attached hydrogen (secondary N) is 1. The van der Waals surface area contributed by atoms with Gasteiger partial charge < -0.3 is 4.74 Å². The van der Waals surface area contributed by atoms with Crippen LogP contribution in [0.15, 0.2) is 36.4 Å². The van der Waals surface area contributed by atoms with Crippen molar-refractivity contribution in [3.63, 3.8) is 0 Å². The van der Waals surface area contributed by atoms with Gasteiger partial charge in [-0.1, -0.05) is 71.2 Å². The number of alkyl halides is 3. The van der Waals surface area contributed by atoms with Crippen molar-refractivity contribution in [2.24, 2.45) is 0 Å². The number of esters is 1. The topological polar surface area (TPSA) is 81.7 Å². The Kier molecular flexibility index (Phi) is 8.49. The molecule has 0 radical (unpaired) electrons. The highest BCUT2D eigenvalue weighted by atomic mass is 35.6. The second-order valence-electron chi connectivity index (χ2n) is 4.60. The summed E-state index contributed by atoms with van der Waals surface area (Å²) in [5.74, 6) is -0.556. The molecule has 0 spiro atoms. The fourth-order valence-electron chi connectivity index (χ4n) is 1.52. The van der Waals surface area contributed by atoms with Gasteiger partial charge in [0.15, 0.2) is 0 Å². The molecular formula is C14H16Cl3NO5S. The van der Waals surface area contributed by atoms with E-state index in [-0.39, 0.29) is 6.54 Å². The number of rotatable bonds is 8. The molecule has 1 N–H and O–H groups in total. The maximum absolute atomic E-state index is 11.7. The van der Waals surface area contributed by atoms with Crippen LogP contribution in [0, 0.1) is 0 Å². The maximum atomic E-state index is 11.7. The van der Waals surface area contributed by atoms with Crippen molar-refractivity contribution in [3.8, 4) is 0 Å². The van der Waals surface area contributed by atoms with Gasteiger partial charge >= 0.3 is 16.3 Å². The average Bonchev–Trinajstić information content (AvgIpc) is 2.48. The van der Waals surface area contributed by atoms with E-state index >= 15 is 0 Å². The average molecular weight is 417 g/mol. The number of carbonyl (C=O) groups is 1. The Morgan fingerprint density at radius 1 is 1.29 bits per heavy atom. The zero-order valence-corrected chi connectivity index (χ0v) is 15.7. The highest BCUT2D eigenvalue weighted by Crippen LogP contribution is 2.26. The van der Waals surface area contributed by atoms with E-state index in [4.69, 9.17) is 39.5 Å². The summed E-state index contributed by atoms with van der Waals surface area (Å²) in [6, 6.07) is 9.23. The number of hydrogen-bond donors (Lipinski definition) is 1. The van der Waals surface area contributed by atoms with Crippen molar-refractivity contribution in [2.75, 3.05) is 13.2 Å². The second-order valence-corrected chi connectivity index (χ2v) is 8.55. The Bertz CT molecular complexity index is 659. The van der Waals surface area contributed by atoms with Crippen LogP contribution in [0.25, 0.3) is 6.08 Å². The smallest absolute Gasteiger partial charge is 0.336 e. The summed E-state index contributed by atoms with van der Waals surface area (Å²) in [6.45, 7) is 0.341. The lowest BCUT2D eigenvalue weighted by Crippen LogP contribution is -2.35. The number of halogens is 3. The van der Waals surface area contributed by atoms with E-state index in [1.54, 1.807) is 12.2 Å². The molecule has 0 aliphatic heterocycles. The minimum atomic E-state index is -4.16. The molecule has 1 rings (SSSR count).